The first-order valence-electron chi connectivity index (χ1n) is 3.53. The number of thiol groups is 1. The summed E-state index contributed by atoms with van der Waals surface area (Å²) in [5.41, 5.74) is 0. The van der Waals surface area contributed by atoms with E-state index >= 15 is 0 Å². The fraction of sp³-hybridized carbons (Fsp3) is 0.625. The van der Waals surface area contributed by atoms with E-state index in [1.807, 2.05) is 0 Å². The van der Waals surface area contributed by atoms with Crippen molar-refractivity contribution in [2.24, 2.45) is 0 Å². The van der Waals surface area contributed by atoms with E-state index in [1.165, 1.54) is 13.8 Å². The summed E-state index contributed by atoms with van der Waals surface area (Å²) in [7, 11) is 0. The van der Waals surface area contributed by atoms with Crippen LogP contribution in [-0.2, 0) is 4.79 Å². The smallest absolute Gasteiger partial charge is 0.318 e. The highest BCUT2D eigenvalue weighted by Crippen LogP contribution is 2.10. The van der Waals surface area contributed by atoms with Gasteiger partial charge in [-0.15, -0.1) is 13.2 Å². The molecule has 13 heavy (non-hydrogen) atoms. The van der Waals surface area contributed by atoms with Crippen LogP contribution in [0.15, 0.2) is 13.2 Å². The largest absolute Gasteiger partial charge is 0.480 e. The lowest BCUT2D eigenvalue weighted by Crippen LogP contribution is -2.23. The molecule has 0 radical (unpaired) electrons. The lowest BCUT2D eigenvalue weighted by molar-refractivity contribution is -0.138. The zero-order chi connectivity index (χ0) is 11.5. The number of hydrogen-bond acceptors (Lipinski definition) is 4. The second kappa shape index (κ2) is 11.5. The van der Waals surface area contributed by atoms with Gasteiger partial charge in [-0.1, -0.05) is 0 Å². The molecular weight excluding hydrogens is 192 g/mol. The Labute approximate surface area is 84.3 Å². The van der Waals surface area contributed by atoms with Gasteiger partial charge in [-0.05, 0) is 13.8 Å². The Kier molecular flexibility index (Phi) is 16.2. The molecule has 0 amide bonds. The Balaban J connectivity index is -0.000000142. The Morgan fingerprint density at radius 1 is 1.31 bits per heavy atom. The molecule has 0 spiro atoms. The number of carboxylic acids is 1. The third-order valence-electron chi connectivity index (χ3n) is 0.623. The first-order chi connectivity index (χ1) is 5.86. The van der Waals surface area contributed by atoms with E-state index in [0.717, 1.165) is 0 Å². The van der Waals surface area contributed by atoms with Crippen LogP contribution >= 0.6 is 12.6 Å². The van der Waals surface area contributed by atoms with Crippen molar-refractivity contribution in [2.45, 2.75) is 18.6 Å². The van der Waals surface area contributed by atoms with Gasteiger partial charge in [-0.2, -0.15) is 12.6 Å². The molecule has 0 bridgehead atoms. The van der Waals surface area contributed by atoms with Crippen molar-refractivity contribution < 1.29 is 20.1 Å². The highest BCUT2D eigenvalue weighted by atomic mass is 32.1. The molecule has 0 heterocycles. The molecule has 0 aromatic rings. The van der Waals surface area contributed by atoms with Gasteiger partial charge in [0.05, 0.1) is 13.2 Å². The summed E-state index contributed by atoms with van der Waals surface area (Å²) >= 11 is 3.75. The van der Waals surface area contributed by atoms with Gasteiger partial charge < -0.3 is 15.3 Å². The molecule has 0 saturated carbocycles. The van der Waals surface area contributed by atoms with Crippen LogP contribution in [0.4, 0.5) is 0 Å². The lowest BCUT2D eigenvalue weighted by atomic mass is 10.2. The van der Waals surface area contributed by atoms with Crippen LogP contribution in [0.3, 0.4) is 0 Å². The minimum absolute atomic E-state index is 0.125. The summed E-state index contributed by atoms with van der Waals surface area (Å²) in [4.78, 5) is 9.94. The van der Waals surface area contributed by atoms with Gasteiger partial charge in [0.25, 0.3) is 0 Å². The van der Waals surface area contributed by atoms with E-state index < -0.39 is 10.7 Å². The van der Waals surface area contributed by atoms with Crippen LogP contribution in [0, 0.1) is 0 Å². The molecule has 0 atom stereocenters. The van der Waals surface area contributed by atoms with E-state index in [2.05, 4.69) is 25.8 Å². The van der Waals surface area contributed by atoms with E-state index in [0.29, 0.717) is 0 Å². The van der Waals surface area contributed by atoms with Crippen LogP contribution in [0.5, 0.6) is 0 Å². The zero-order valence-electron chi connectivity index (χ0n) is 8.03. The van der Waals surface area contributed by atoms with Gasteiger partial charge in [0, 0.05) is 0 Å². The second-order valence-electron chi connectivity index (χ2n) is 2.31. The van der Waals surface area contributed by atoms with Gasteiger partial charge >= 0.3 is 5.97 Å². The normalized spacial score (nSPS) is 8.69. The van der Waals surface area contributed by atoms with Gasteiger partial charge in [0.2, 0.25) is 0 Å². The van der Waals surface area contributed by atoms with Crippen LogP contribution in [0.25, 0.3) is 0 Å². The fourth-order valence-corrected chi connectivity index (χ4v) is 0. The molecule has 0 saturated heterocycles. The number of aliphatic carboxylic acids is 1. The molecule has 0 rings (SSSR count). The minimum atomic E-state index is -0.893. The van der Waals surface area contributed by atoms with Crippen molar-refractivity contribution in [3.8, 4) is 0 Å². The molecular formula is C8H18O4S. The van der Waals surface area contributed by atoms with Gasteiger partial charge in [0.15, 0.2) is 0 Å². The predicted molar refractivity (Wildman–Crippen MR) is 56.1 cm³/mol. The monoisotopic (exact) mass is 210 g/mol. The number of rotatable bonds is 2. The van der Waals surface area contributed by atoms with Crippen molar-refractivity contribution in [3.63, 3.8) is 0 Å². The predicted octanol–water partition coefficient (Wildman–Crippen LogP) is 0.553. The lowest BCUT2D eigenvalue weighted by Gasteiger charge is -2.07. The molecule has 0 aromatic carbocycles. The molecule has 0 unspecified atom stereocenters. The molecule has 0 aliphatic carbocycles. The van der Waals surface area contributed by atoms with Crippen molar-refractivity contribution in [3.05, 3.63) is 13.2 Å². The summed E-state index contributed by atoms with van der Waals surface area (Å²) < 4.78 is -0.889. The zero-order valence-corrected chi connectivity index (χ0v) is 8.92. The Hall–Kier alpha value is -0.520. The number of aliphatic hydroxyl groups excluding tert-OH is 2. The summed E-state index contributed by atoms with van der Waals surface area (Å²) in [6, 6.07) is 0. The molecule has 80 valence electrons. The van der Waals surface area contributed by atoms with Gasteiger partial charge in [0.1, 0.15) is 4.75 Å². The summed E-state index contributed by atoms with van der Waals surface area (Å²) in [5, 5.41) is 23.4. The molecule has 4 nitrogen and oxygen atoms in total. The van der Waals surface area contributed by atoms with Crippen LogP contribution in [0.2, 0.25) is 0 Å². The Morgan fingerprint density at radius 3 is 1.46 bits per heavy atom. The third-order valence-corrected chi connectivity index (χ3v) is 0.815. The van der Waals surface area contributed by atoms with Crippen molar-refractivity contribution in [1.29, 1.82) is 0 Å². The second-order valence-corrected chi connectivity index (χ2v) is 3.43. The Bertz CT molecular complexity index is 118. The highest BCUT2D eigenvalue weighted by molar-refractivity contribution is 7.82. The SMILES string of the molecule is C=C.CC(C)(S)C(=O)O.OCCO. The third kappa shape index (κ3) is 24.6. The summed E-state index contributed by atoms with van der Waals surface area (Å²) in [5.74, 6) is -0.893. The Morgan fingerprint density at radius 2 is 1.46 bits per heavy atom. The standard InChI is InChI=1S/C4H8O2S.C2H6O2.C2H4/c1-4(2,7)3(5)6;3-1-2-4;1-2/h7H,1-2H3,(H,5,6);3-4H,1-2H2;1-2H2. The first-order valence-corrected chi connectivity index (χ1v) is 3.98. The quantitative estimate of drug-likeness (QED) is 0.396. The highest BCUT2D eigenvalue weighted by Gasteiger charge is 2.20. The maximum atomic E-state index is 9.94. The summed E-state index contributed by atoms with van der Waals surface area (Å²) in [6.45, 7) is 8.80. The fourth-order valence-electron chi connectivity index (χ4n) is 0. The molecule has 5 heteroatoms. The minimum Gasteiger partial charge on any atom is -0.480 e. The van der Waals surface area contributed by atoms with E-state index in [-0.39, 0.29) is 13.2 Å². The molecule has 0 aromatic heterocycles. The van der Waals surface area contributed by atoms with Crippen molar-refractivity contribution >= 4 is 18.6 Å². The van der Waals surface area contributed by atoms with Crippen LogP contribution < -0.4 is 0 Å². The molecule has 0 fully saturated rings. The number of aliphatic hydroxyl groups is 2. The number of carboxylic acid groups (broad SMARTS) is 1. The average molecular weight is 210 g/mol. The van der Waals surface area contributed by atoms with Gasteiger partial charge in [-0.3, -0.25) is 4.79 Å². The van der Waals surface area contributed by atoms with E-state index in [4.69, 9.17) is 15.3 Å². The van der Waals surface area contributed by atoms with Crippen molar-refractivity contribution in [2.75, 3.05) is 13.2 Å². The maximum Gasteiger partial charge on any atom is 0.318 e. The van der Waals surface area contributed by atoms with Crippen LogP contribution in [-0.4, -0.2) is 39.2 Å². The molecule has 3 N–H and O–H groups in total. The number of hydrogen-bond donors (Lipinski definition) is 4. The number of carbonyl (C=O) groups is 1. The molecule has 0 aliphatic heterocycles. The van der Waals surface area contributed by atoms with Crippen molar-refractivity contribution in [1.82, 2.24) is 0 Å². The van der Waals surface area contributed by atoms with E-state index in [9.17, 15) is 4.79 Å². The maximum absolute atomic E-state index is 9.94. The van der Waals surface area contributed by atoms with Crippen LogP contribution in [0.1, 0.15) is 13.8 Å². The average Bonchev–Trinajstić information content (AvgIpc) is 2.07. The van der Waals surface area contributed by atoms with E-state index in [1.54, 1.807) is 0 Å². The molecule has 0 aliphatic rings. The topological polar surface area (TPSA) is 77.8 Å². The first kappa shape index (κ1) is 18.3. The summed E-state index contributed by atoms with van der Waals surface area (Å²) in [6.07, 6.45) is 0. The van der Waals surface area contributed by atoms with Gasteiger partial charge in [-0.25, -0.2) is 0 Å².